The van der Waals surface area contributed by atoms with Crippen LogP contribution in [0, 0.1) is 0 Å². The summed E-state index contributed by atoms with van der Waals surface area (Å²) in [6.07, 6.45) is 42.6. The fourth-order valence-corrected chi connectivity index (χ4v) is 5.68. The van der Waals surface area contributed by atoms with Crippen LogP contribution in [-0.2, 0) is 32.9 Å². The second kappa shape index (κ2) is 32.4. The van der Waals surface area contributed by atoms with Crippen molar-refractivity contribution in [3.05, 3.63) is 60.8 Å². The molecule has 2 N–H and O–H groups in total. The molecule has 1 aliphatic rings. The quantitative estimate of drug-likeness (QED) is 0.0218. The molecule has 1 saturated heterocycles. The fraction of sp³-hybridized carbons (Fsp3) is 0.707. The molecule has 1 heterocycles. The van der Waals surface area contributed by atoms with E-state index in [0.29, 0.717) is 31.5 Å². The maximum absolute atomic E-state index is 12.4. The number of hydrogen-bond acceptors (Lipinski definition) is 7. The van der Waals surface area contributed by atoms with Crippen molar-refractivity contribution in [2.45, 2.75) is 173 Å². The summed E-state index contributed by atoms with van der Waals surface area (Å²) in [5, 5.41) is 0. The average molecular weight is 737 g/mol. The molecule has 1 rings (SSSR count). The van der Waals surface area contributed by atoms with Crippen molar-refractivity contribution in [2.75, 3.05) is 13.2 Å². The maximum Gasteiger partial charge on any atom is 0.469 e. The highest BCUT2D eigenvalue weighted by Crippen LogP contribution is 2.36. The van der Waals surface area contributed by atoms with Gasteiger partial charge in [-0.3, -0.25) is 14.1 Å². The Bertz CT molecular complexity index is 1080. The van der Waals surface area contributed by atoms with Gasteiger partial charge in [-0.15, -0.1) is 0 Å². The molecule has 0 bridgehead atoms. The van der Waals surface area contributed by atoms with Gasteiger partial charge in [0.2, 0.25) is 0 Å². The van der Waals surface area contributed by atoms with Crippen molar-refractivity contribution in [3.8, 4) is 0 Å². The summed E-state index contributed by atoms with van der Waals surface area (Å²) in [5.41, 5.74) is 0. The Labute approximate surface area is 309 Å². The van der Waals surface area contributed by atoms with Crippen molar-refractivity contribution < 1.29 is 42.7 Å². The highest BCUT2D eigenvalue weighted by Gasteiger charge is 2.36. The maximum atomic E-state index is 12.4. The van der Waals surface area contributed by atoms with Gasteiger partial charge < -0.3 is 24.0 Å². The van der Waals surface area contributed by atoms with Gasteiger partial charge in [-0.05, 0) is 83.5 Å². The Balaban J connectivity index is 2.15. The lowest BCUT2D eigenvalue weighted by atomic mass is 10.1. The number of unbranched alkanes of at least 4 members (excludes halogenated alkanes) is 12. The van der Waals surface area contributed by atoms with Crippen LogP contribution in [0.1, 0.15) is 155 Å². The van der Waals surface area contributed by atoms with E-state index in [-0.39, 0.29) is 19.4 Å². The van der Waals surface area contributed by atoms with E-state index in [0.717, 1.165) is 64.2 Å². The van der Waals surface area contributed by atoms with E-state index in [1.807, 2.05) is 6.08 Å². The van der Waals surface area contributed by atoms with Gasteiger partial charge in [-0.2, -0.15) is 0 Å². The van der Waals surface area contributed by atoms with E-state index in [1.54, 1.807) is 0 Å². The monoisotopic (exact) mass is 736 g/mol. The largest absolute Gasteiger partial charge is 0.469 e. The lowest BCUT2D eigenvalue weighted by molar-refractivity contribution is -0.161. The second-order valence-corrected chi connectivity index (χ2v) is 14.5. The predicted molar refractivity (Wildman–Crippen MR) is 206 cm³/mol. The predicted octanol–water partition coefficient (Wildman–Crippen LogP) is 10.7. The average Bonchev–Trinajstić information content (AvgIpc) is 3.85. The summed E-state index contributed by atoms with van der Waals surface area (Å²) in [5.74, 6) is -0.978. The van der Waals surface area contributed by atoms with Gasteiger partial charge in [0.1, 0.15) is 6.61 Å². The minimum absolute atomic E-state index is 0.125. The van der Waals surface area contributed by atoms with Crippen molar-refractivity contribution in [3.63, 3.8) is 0 Å². The van der Waals surface area contributed by atoms with Crippen molar-refractivity contribution in [1.82, 2.24) is 0 Å². The van der Waals surface area contributed by atoms with Gasteiger partial charge in [0, 0.05) is 12.8 Å². The molecule has 0 aromatic rings. The number of hydrogen-bond donors (Lipinski definition) is 2. The molecule has 1 aliphatic heterocycles. The number of rotatable bonds is 34. The van der Waals surface area contributed by atoms with Crippen LogP contribution >= 0.6 is 7.82 Å². The summed E-state index contributed by atoms with van der Waals surface area (Å²) in [7, 11) is -4.78. The molecule has 2 unspecified atom stereocenters. The normalized spacial score (nSPS) is 17.1. The molecule has 51 heavy (non-hydrogen) atoms. The Kier molecular flexibility index (Phi) is 29.7. The summed E-state index contributed by atoms with van der Waals surface area (Å²) >= 11 is 0. The molecule has 0 aromatic carbocycles. The highest BCUT2D eigenvalue weighted by molar-refractivity contribution is 7.46. The third-order valence-corrected chi connectivity index (χ3v) is 8.90. The summed E-state index contributed by atoms with van der Waals surface area (Å²) < 4.78 is 32.0. The second-order valence-electron chi connectivity index (χ2n) is 13.3. The topological polar surface area (TPSA) is 132 Å². The first-order valence-electron chi connectivity index (χ1n) is 19.7. The Morgan fingerprint density at radius 3 is 1.67 bits per heavy atom. The van der Waals surface area contributed by atoms with Crippen LogP contribution in [0.5, 0.6) is 0 Å². The van der Waals surface area contributed by atoms with E-state index < -0.39 is 32.5 Å². The van der Waals surface area contributed by atoms with E-state index in [4.69, 9.17) is 24.0 Å². The van der Waals surface area contributed by atoms with Gasteiger partial charge in [0.05, 0.1) is 18.8 Å². The summed E-state index contributed by atoms with van der Waals surface area (Å²) in [6, 6.07) is 0. The molecule has 0 radical (unpaired) electrons. The molecule has 292 valence electrons. The van der Waals surface area contributed by atoms with Gasteiger partial charge in [-0.1, -0.05) is 120 Å². The third-order valence-electron chi connectivity index (χ3n) is 8.41. The molecular weight excluding hydrogens is 667 g/mol. The number of phosphoric acid groups is 1. The number of phosphoric ester groups is 1. The lowest BCUT2D eigenvalue weighted by Crippen LogP contribution is -2.29. The van der Waals surface area contributed by atoms with E-state index >= 15 is 0 Å². The first-order valence-corrected chi connectivity index (χ1v) is 21.2. The van der Waals surface area contributed by atoms with Crippen molar-refractivity contribution >= 4 is 19.8 Å². The van der Waals surface area contributed by atoms with Crippen molar-refractivity contribution in [2.24, 2.45) is 0 Å². The molecule has 0 aliphatic carbocycles. The molecule has 9 nitrogen and oxygen atoms in total. The van der Waals surface area contributed by atoms with E-state index in [9.17, 15) is 14.2 Å². The van der Waals surface area contributed by atoms with Gasteiger partial charge in [-0.25, -0.2) is 4.57 Å². The van der Waals surface area contributed by atoms with Crippen molar-refractivity contribution in [1.29, 1.82) is 0 Å². The zero-order valence-electron chi connectivity index (χ0n) is 31.7. The number of ether oxygens (including phenoxy) is 3. The van der Waals surface area contributed by atoms with Crippen LogP contribution < -0.4 is 0 Å². The van der Waals surface area contributed by atoms with Crippen LogP contribution in [0.25, 0.3) is 0 Å². The number of allylic oxidation sites excluding steroid dienone is 8. The lowest BCUT2D eigenvalue weighted by Gasteiger charge is -2.18. The van der Waals surface area contributed by atoms with Crippen LogP contribution in [0.4, 0.5) is 0 Å². The standard InChI is InChI=1S/C41H69O9P/c1-3-5-7-9-11-12-13-14-15-16-17-18-21-25-29-33-40(42)47-35-37(36-48-51(44,45)46)49-41(43)34-30-26-22-19-20-24-28-32-39-38(50-39)31-27-23-10-8-6-4-2/h11-12,14-15,19,22-24,27-28,37-39H,3-10,13,16-18,20-21,25-26,29-36H2,1-2H3,(H2,44,45,46)/b12-11-,15-14-,22-19-,27-23-,28-24-/t37-,38?,39?/m1/s1. The molecule has 0 spiro atoms. The van der Waals surface area contributed by atoms with Gasteiger partial charge in [0.15, 0.2) is 6.10 Å². The molecule has 10 heteroatoms. The zero-order chi connectivity index (χ0) is 37.3. The third kappa shape index (κ3) is 32.1. The molecule has 0 aromatic heterocycles. The van der Waals surface area contributed by atoms with E-state index in [1.165, 1.54) is 44.9 Å². The Morgan fingerprint density at radius 1 is 0.608 bits per heavy atom. The highest BCUT2D eigenvalue weighted by atomic mass is 31.2. The van der Waals surface area contributed by atoms with Gasteiger partial charge >= 0.3 is 19.8 Å². The Hall–Kier alpha value is -2.29. The molecule has 3 atom stereocenters. The number of carbonyl (C=O) groups excluding carboxylic acids is 2. The number of epoxide rings is 1. The summed E-state index contributed by atoms with van der Waals surface area (Å²) in [4.78, 5) is 42.8. The minimum atomic E-state index is -4.78. The van der Waals surface area contributed by atoms with Crippen LogP contribution in [-0.4, -0.2) is 53.3 Å². The zero-order valence-corrected chi connectivity index (χ0v) is 32.6. The molecule has 1 fully saturated rings. The SMILES string of the molecule is CCCCC/C=C\C/C=C\CCCCCCCC(=O)OC[C@H](COP(=O)(O)O)OC(=O)CCC/C=C\C/C=C\CC1OC1C/C=C\CCCCC. The minimum Gasteiger partial charge on any atom is -0.462 e. The smallest absolute Gasteiger partial charge is 0.462 e. The van der Waals surface area contributed by atoms with Crippen LogP contribution in [0.3, 0.4) is 0 Å². The first-order chi connectivity index (χ1) is 24.7. The number of carbonyl (C=O) groups is 2. The van der Waals surface area contributed by atoms with Crippen LogP contribution in [0.15, 0.2) is 60.8 Å². The number of esters is 2. The van der Waals surface area contributed by atoms with Crippen LogP contribution in [0.2, 0.25) is 0 Å². The summed E-state index contributed by atoms with van der Waals surface area (Å²) in [6.45, 7) is 3.55. The Morgan fingerprint density at radius 2 is 1.08 bits per heavy atom. The molecule has 0 saturated carbocycles. The fourth-order valence-electron chi connectivity index (χ4n) is 5.32. The van der Waals surface area contributed by atoms with E-state index in [2.05, 4.69) is 73.1 Å². The molecule has 0 amide bonds. The molecular formula is C41H69O9P. The van der Waals surface area contributed by atoms with Gasteiger partial charge in [0.25, 0.3) is 0 Å². The first kappa shape index (κ1) is 46.7.